The number of rotatable bonds is 5. The second kappa shape index (κ2) is 5.32. The average molecular weight is 249 g/mol. The summed E-state index contributed by atoms with van der Waals surface area (Å²) in [5.41, 5.74) is 9.19. The number of ether oxygens (including phenoxy) is 1. The van der Waals surface area contributed by atoms with Crippen molar-refractivity contribution in [3.8, 4) is 0 Å². The molecule has 0 radical (unpaired) electrons. The molecule has 0 spiro atoms. The van der Waals surface area contributed by atoms with Crippen molar-refractivity contribution in [3.63, 3.8) is 0 Å². The fourth-order valence-electron chi connectivity index (χ4n) is 2.04. The average Bonchev–Trinajstić information content (AvgIpc) is 2.92. The van der Waals surface area contributed by atoms with Crippen molar-refractivity contribution in [1.82, 2.24) is 19.6 Å². The number of nitrogens with zero attached hydrogens (tertiary/aromatic N) is 4. The largest absolute Gasteiger partial charge is 0.383 e. The summed E-state index contributed by atoms with van der Waals surface area (Å²) in [6.45, 7) is 3.27. The van der Waals surface area contributed by atoms with Gasteiger partial charge in [-0.15, -0.1) is 0 Å². The summed E-state index contributed by atoms with van der Waals surface area (Å²) in [6.07, 6.45) is 1.76. The Hall–Kier alpha value is -1.66. The second-order valence-corrected chi connectivity index (χ2v) is 4.28. The Morgan fingerprint density at radius 3 is 2.83 bits per heavy atom. The fourth-order valence-corrected chi connectivity index (χ4v) is 2.04. The van der Waals surface area contributed by atoms with E-state index in [4.69, 9.17) is 10.5 Å². The van der Waals surface area contributed by atoms with Crippen LogP contribution >= 0.6 is 0 Å². The highest BCUT2D eigenvalue weighted by Gasteiger charge is 2.17. The van der Waals surface area contributed by atoms with Crippen LogP contribution in [0.25, 0.3) is 0 Å². The van der Waals surface area contributed by atoms with E-state index >= 15 is 0 Å². The molecule has 0 aliphatic heterocycles. The fraction of sp³-hybridized carbons (Fsp3) is 0.500. The first-order chi connectivity index (χ1) is 8.63. The van der Waals surface area contributed by atoms with Gasteiger partial charge < -0.3 is 10.5 Å². The summed E-state index contributed by atoms with van der Waals surface area (Å²) in [6, 6.07) is 3.71. The van der Waals surface area contributed by atoms with Crippen LogP contribution in [0.4, 0.5) is 0 Å². The summed E-state index contributed by atoms with van der Waals surface area (Å²) in [5, 5.41) is 8.58. The van der Waals surface area contributed by atoms with Crippen molar-refractivity contribution in [1.29, 1.82) is 0 Å². The molecule has 1 unspecified atom stereocenters. The molecular formula is C12H19N5O. The number of hydrogen-bond donors (Lipinski definition) is 1. The van der Waals surface area contributed by atoms with Crippen LogP contribution in [0.3, 0.4) is 0 Å². The van der Waals surface area contributed by atoms with Gasteiger partial charge in [0, 0.05) is 20.4 Å². The molecule has 2 rings (SSSR count). The highest BCUT2D eigenvalue weighted by atomic mass is 16.5. The van der Waals surface area contributed by atoms with E-state index in [1.54, 1.807) is 13.3 Å². The number of aromatic nitrogens is 4. The maximum Gasteiger partial charge on any atom is 0.0893 e. The van der Waals surface area contributed by atoms with E-state index in [-0.39, 0.29) is 6.04 Å². The van der Waals surface area contributed by atoms with Crippen molar-refractivity contribution in [2.75, 3.05) is 13.7 Å². The Morgan fingerprint density at radius 1 is 1.44 bits per heavy atom. The molecule has 0 saturated carbocycles. The maximum absolute atomic E-state index is 6.28. The Kier molecular flexibility index (Phi) is 3.78. The molecule has 0 aliphatic rings. The lowest BCUT2D eigenvalue weighted by Crippen LogP contribution is -2.21. The van der Waals surface area contributed by atoms with E-state index in [1.807, 2.05) is 35.5 Å². The molecule has 0 bridgehead atoms. The van der Waals surface area contributed by atoms with E-state index in [0.29, 0.717) is 13.2 Å². The van der Waals surface area contributed by atoms with Gasteiger partial charge in [0.25, 0.3) is 0 Å². The van der Waals surface area contributed by atoms with E-state index in [2.05, 4.69) is 10.2 Å². The lowest BCUT2D eigenvalue weighted by Gasteiger charge is -2.14. The number of aryl methyl sites for hydroxylation is 2. The van der Waals surface area contributed by atoms with E-state index in [0.717, 1.165) is 17.1 Å². The molecule has 18 heavy (non-hydrogen) atoms. The quantitative estimate of drug-likeness (QED) is 0.843. The third-order valence-electron chi connectivity index (χ3n) is 2.93. The third kappa shape index (κ3) is 2.44. The minimum Gasteiger partial charge on any atom is -0.383 e. The van der Waals surface area contributed by atoms with Crippen LogP contribution in [-0.4, -0.2) is 33.3 Å². The molecule has 0 amide bonds. The standard InChI is InChI=1S/C12H19N5O/c1-9-8-11(16(2)15-9)12(13)10-4-5-14-17(10)6-7-18-3/h4-5,8,12H,6-7,13H2,1-3H3. The van der Waals surface area contributed by atoms with Gasteiger partial charge in [-0.3, -0.25) is 9.36 Å². The number of methoxy groups -OCH3 is 1. The zero-order valence-electron chi connectivity index (χ0n) is 11.0. The SMILES string of the molecule is COCCn1nccc1C(N)c1cc(C)nn1C. The van der Waals surface area contributed by atoms with Crippen LogP contribution < -0.4 is 5.73 Å². The van der Waals surface area contributed by atoms with Crippen LogP contribution in [-0.2, 0) is 18.3 Å². The predicted molar refractivity (Wildman–Crippen MR) is 68.1 cm³/mol. The van der Waals surface area contributed by atoms with E-state index < -0.39 is 0 Å². The Labute approximate surface area is 106 Å². The van der Waals surface area contributed by atoms with Gasteiger partial charge >= 0.3 is 0 Å². The second-order valence-electron chi connectivity index (χ2n) is 4.28. The molecule has 2 N–H and O–H groups in total. The maximum atomic E-state index is 6.28. The minimum atomic E-state index is -0.226. The monoisotopic (exact) mass is 249 g/mol. The molecule has 0 saturated heterocycles. The van der Waals surface area contributed by atoms with Gasteiger partial charge in [0.1, 0.15) is 0 Å². The first-order valence-corrected chi connectivity index (χ1v) is 5.90. The highest BCUT2D eigenvalue weighted by Crippen LogP contribution is 2.19. The zero-order valence-corrected chi connectivity index (χ0v) is 11.0. The molecule has 0 fully saturated rings. The molecule has 2 heterocycles. The molecule has 6 nitrogen and oxygen atoms in total. The van der Waals surface area contributed by atoms with Crippen molar-refractivity contribution in [2.24, 2.45) is 12.8 Å². The number of nitrogens with two attached hydrogens (primary N) is 1. The van der Waals surface area contributed by atoms with Gasteiger partial charge in [0.2, 0.25) is 0 Å². The molecule has 6 heteroatoms. The van der Waals surface area contributed by atoms with E-state index in [1.165, 1.54) is 0 Å². The molecule has 0 aromatic carbocycles. The third-order valence-corrected chi connectivity index (χ3v) is 2.93. The van der Waals surface area contributed by atoms with Crippen LogP contribution in [0.2, 0.25) is 0 Å². The normalized spacial score (nSPS) is 12.9. The van der Waals surface area contributed by atoms with Crippen molar-refractivity contribution < 1.29 is 4.74 Å². The highest BCUT2D eigenvalue weighted by molar-refractivity contribution is 5.22. The summed E-state index contributed by atoms with van der Waals surface area (Å²) in [4.78, 5) is 0. The molecule has 0 aliphatic carbocycles. The first kappa shape index (κ1) is 12.8. The van der Waals surface area contributed by atoms with Crippen molar-refractivity contribution >= 4 is 0 Å². The van der Waals surface area contributed by atoms with Gasteiger partial charge in [-0.25, -0.2) is 0 Å². The summed E-state index contributed by atoms with van der Waals surface area (Å²) >= 11 is 0. The van der Waals surface area contributed by atoms with Gasteiger partial charge in [-0.1, -0.05) is 0 Å². The van der Waals surface area contributed by atoms with Gasteiger partial charge in [0.05, 0.1) is 36.3 Å². The first-order valence-electron chi connectivity index (χ1n) is 5.90. The van der Waals surface area contributed by atoms with E-state index in [9.17, 15) is 0 Å². The Morgan fingerprint density at radius 2 is 2.22 bits per heavy atom. The van der Waals surface area contributed by atoms with Crippen LogP contribution in [0.5, 0.6) is 0 Å². The summed E-state index contributed by atoms with van der Waals surface area (Å²) in [7, 11) is 3.58. The zero-order chi connectivity index (χ0) is 13.1. The van der Waals surface area contributed by atoms with Crippen molar-refractivity contribution in [2.45, 2.75) is 19.5 Å². The summed E-state index contributed by atoms with van der Waals surface area (Å²) < 4.78 is 8.75. The minimum absolute atomic E-state index is 0.226. The molecule has 98 valence electrons. The lowest BCUT2D eigenvalue weighted by atomic mass is 10.1. The molecule has 2 aromatic heterocycles. The van der Waals surface area contributed by atoms with Crippen LogP contribution in [0, 0.1) is 6.92 Å². The molecular weight excluding hydrogens is 230 g/mol. The molecule has 2 aromatic rings. The summed E-state index contributed by atoms with van der Waals surface area (Å²) in [5.74, 6) is 0. The lowest BCUT2D eigenvalue weighted by molar-refractivity contribution is 0.182. The predicted octanol–water partition coefficient (Wildman–Crippen LogP) is 0.620. The van der Waals surface area contributed by atoms with Crippen LogP contribution in [0.1, 0.15) is 23.1 Å². The topological polar surface area (TPSA) is 70.9 Å². The van der Waals surface area contributed by atoms with Gasteiger partial charge in [-0.05, 0) is 19.1 Å². The Bertz CT molecular complexity index is 516. The van der Waals surface area contributed by atoms with Crippen LogP contribution in [0.15, 0.2) is 18.3 Å². The Balaban J connectivity index is 2.25. The van der Waals surface area contributed by atoms with Gasteiger partial charge in [-0.2, -0.15) is 10.2 Å². The number of hydrogen-bond acceptors (Lipinski definition) is 4. The molecule has 1 atom stereocenters. The smallest absolute Gasteiger partial charge is 0.0893 e. The van der Waals surface area contributed by atoms with Gasteiger partial charge in [0.15, 0.2) is 0 Å². The van der Waals surface area contributed by atoms with Crippen molar-refractivity contribution in [3.05, 3.63) is 35.4 Å².